The minimum atomic E-state index is -0.0154. The number of hydrogen-bond acceptors (Lipinski definition) is 2. The second-order valence-electron chi connectivity index (χ2n) is 6.71. The largest absolute Gasteiger partial charge is 0.352 e. The van der Waals surface area contributed by atoms with E-state index in [4.69, 9.17) is 0 Å². The molecule has 4 rings (SSSR count). The van der Waals surface area contributed by atoms with Crippen LogP contribution in [0.25, 0.3) is 10.8 Å². The Kier molecular flexibility index (Phi) is 3.97. The van der Waals surface area contributed by atoms with Crippen molar-refractivity contribution in [1.82, 2.24) is 10.2 Å². The second-order valence-corrected chi connectivity index (χ2v) is 6.71. The fraction of sp³-hybridized carbons (Fsp3) is 0.400. The van der Waals surface area contributed by atoms with Gasteiger partial charge in [-0.2, -0.15) is 0 Å². The van der Waals surface area contributed by atoms with Crippen molar-refractivity contribution in [2.24, 2.45) is 0 Å². The Morgan fingerprint density at radius 2 is 1.92 bits per heavy atom. The van der Waals surface area contributed by atoms with E-state index in [2.05, 4.69) is 17.4 Å². The van der Waals surface area contributed by atoms with E-state index in [1.165, 1.54) is 16.5 Å². The van der Waals surface area contributed by atoms with Crippen molar-refractivity contribution in [3.8, 4) is 0 Å². The smallest absolute Gasteiger partial charge is 0.251 e. The number of benzene rings is 2. The summed E-state index contributed by atoms with van der Waals surface area (Å²) in [5.74, 6) is 0.229. The first-order valence-corrected chi connectivity index (χ1v) is 8.83. The van der Waals surface area contributed by atoms with Gasteiger partial charge in [0.25, 0.3) is 5.91 Å². The molecule has 1 fully saturated rings. The molecule has 2 aromatic rings. The Bertz CT molecular complexity index is 802. The lowest BCUT2D eigenvalue weighted by molar-refractivity contribution is -0.127. The highest BCUT2D eigenvalue weighted by atomic mass is 16.2. The van der Waals surface area contributed by atoms with Crippen LogP contribution >= 0.6 is 0 Å². The minimum Gasteiger partial charge on any atom is -0.352 e. The first kappa shape index (κ1) is 15.2. The summed E-state index contributed by atoms with van der Waals surface area (Å²) in [5, 5.41) is 5.35. The fourth-order valence-electron chi connectivity index (χ4n) is 3.95. The molecule has 0 atom stereocenters. The lowest BCUT2D eigenvalue weighted by atomic mass is 9.99. The molecular formula is C20H22N2O2. The van der Waals surface area contributed by atoms with Crippen molar-refractivity contribution in [3.63, 3.8) is 0 Å². The normalized spacial score (nSPS) is 16.2. The molecule has 2 aliphatic rings. The Morgan fingerprint density at radius 3 is 2.71 bits per heavy atom. The van der Waals surface area contributed by atoms with E-state index in [0.29, 0.717) is 13.0 Å². The van der Waals surface area contributed by atoms with E-state index < -0.39 is 0 Å². The molecule has 0 aromatic heterocycles. The van der Waals surface area contributed by atoms with Gasteiger partial charge in [-0.05, 0) is 53.6 Å². The number of amides is 2. The molecule has 4 nitrogen and oxygen atoms in total. The summed E-state index contributed by atoms with van der Waals surface area (Å²) in [5.41, 5.74) is 3.46. The van der Waals surface area contributed by atoms with Crippen LogP contribution in [0.3, 0.4) is 0 Å². The molecule has 1 aliphatic carbocycles. The van der Waals surface area contributed by atoms with Crippen LogP contribution in [0.4, 0.5) is 0 Å². The van der Waals surface area contributed by atoms with Gasteiger partial charge in [0.2, 0.25) is 5.91 Å². The Balaban J connectivity index is 1.42. The third-order valence-electron chi connectivity index (χ3n) is 5.18. The lowest BCUT2D eigenvalue weighted by Crippen LogP contribution is -2.30. The van der Waals surface area contributed by atoms with Crippen molar-refractivity contribution in [2.75, 3.05) is 19.6 Å². The maximum absolute atomic E-state index is 12.6. The van der Waals surface area contributed by atoms with Gasteiger partial charge in [-0.15, -0.1) is 0 Å². The maximum atomic E-state index is 12.6. The summed E-state index contributed by atoms with van der Waals surface area (Å²) in [4.78, 5) is 26.0. The van der Waals surface area contributed by atoms with E-state index in [1.807, 2.05) is 23.1 Å². The van der Waals surface area contributed by atoms with Crippen LogP contribution < -0.4 is 5.32 Å². The maximum Gasteiger partial charge on any atom is 0.251 e. The quantitative estimate of drug-likeness (QED) is 0.861. The standard InChI is InChI=1S/C20H22N2O2/c23-18-6-2-12-22(18)13-3-11-21-20(24)17-10-9-15-8-7-14-4-1-5-16(17)19(14)15/h1,4-5,9-10H,2-3,6-8,11-13H2,(H,21,24). The van der Waals surface area contributed by atoms with Crippen molar-refractivity contribution < 1.29 is 9.59 Å². The van der Waals surface area contributed by atoms with Gasteiger partial charge < -0.3 is 10.2 Å². The van der Waals surface area contributed by atoms with Crippen LogP contribution in [0, 0.1) is 0 Å². The monoisotopic (exact) mass is 322 g/mol. The van der Waals surface area contributed by atoms with Gasteiger partial charge in [0.1, 0.15) is 0 Å². The van der Waals surface area contributed by atoms with Gasteiger partial charge >= 0.3 is 0 Å². The van der Waals surface area contributed by atoms with E-state index in [0.717, 1.165) is 49.7 Å². The number of carbonyl (C=O) groups excluding carboxylic acids is 2. The number of hydrogen-bond donors (Lipinski definition) is 1. The number of rotatable bonds is 5. The van der Waals surface area contributed by atoms with E-state index in [9.17, 15) is 9.59 Å². The number of likely N-dealkylation sites (tertiary alicyclic amines) is 1. The third kappa shape index (κ3) is 2.66. The number of nitrogens with zero attached hydrogens (tertiary/aromatic N) is 1. The molecule has 1 N–H and O–H groups in total. The lowest BCUT2D eigenvalue weighted by Gasteiger charge is -2.15. The van der Waals surface area contributed by atoms with Crippen molar-refractivity contribution >= 4 is 22.6 Å². The minimum absolute atomic E-state index is 0.0154. The van der Waals surface area contributed by atoms with Crippen molar-refractivity contribution in [1.29, 1.82) is 0 Å². The average molecular weight is 322 g/mol. The summed E-state index contributed by atoms with van der Waals surface area (Å²) >= 11 is 0. The Hall–Kier alpha value is -2.36. The predicted molar refractivity (Wildman–Crippen MR) is 94.1 cm³/mol. The van der Waals surface area contributed by atoms with Gasteiger partial charge in [0.15, 0.2) is 0 Å². The molecule has 0 unspecified atom stereocenters. The molecular weight excluding hydrogens is 300 g/mol. The van der Waals surface area contributed by atoms with Crippen LogP contribution in [-0.4, -0.2) is 36.3 Å². The van der Waals surface area contributed by atoms with Crippen molar-refractivity contribution in [3.05, 3.63) is 47.0 Å². The van der Waals surface area contributed by atoms with Crippen LogP contribution in [0.1, 0.15) is 40.7 Å². The van der Waals surface area contributed by atoms with E-state index in [1.54, 1.807) is 0 Å². The van der Waals surface area contributed by atoms with Gasteiger partial charge in [-0.25, -0.2) is 0 Å². The SMILES string of the molecule is O=C(NCCCN1CCCC1=O)c1ccc2c3c(cccc13)CC2. The number of carbonyl (C=O) groups is 2. The third-order valence-corrected chi connectivity index (χ3v) is 5.18. The summed E-state index contributed by atoms with van der Waals surface area (Å²) in [6.07, 6.45) is 4.58. The van der Waals surface area contributed by atoms with Crippen molar-refractivity contribution in [2.45, 2.75) is 32.1 Å². The topological polar surface area (TPSA) is 49.4 Å². The Labute approximate surface area is 141 Å². The molecule has 1 saturated heterocycles. The summed E-state index contributed by atoms with van der Waals surface area (Å²) in [6.45, 7) is 2.20. The highest BCUT2D eigenvalue weighted by Gasteiger charge is 2.20. The molecule has 0 saturated carbocycles. The Morgan fingerprint density at radius 1 is 1.08 bits per heavy atom. The van der Waals surface area contributed by atoms with Crippen LogP contribution in [-0.2, 0) is 17.6 Å². The molecule has 1 aliphatic heterocycles. The predicted octanol–water partition coefficient (Wildman–Crippen LogP) is 2.68. The summed E-state index contributed by atoms with van der Waals surface area (Å²) < 4.78 is 0. The molecule has 0 spiro atoms. The fourth-order valence-corrected chi connectivity index (χ4v) is 3.95. The zero-order valence-corrected chi connectivity index (χ0v) is 13.8. The zero-order valence-electron chi connectivity index (χ0n) is 13.8. The second kappa shape index (κ2) is 6.27. The van der Waals surface area contributed by atoms with Gasteiger partial charge in [-0.1, -0.05) is 24.3 Å². The van der Waals surface area contributed by atoms with Gasteiger partial charge in [0.05, 0.1) is 0 Å². The highest BCUT2D eigenvalue weighted by molar-refractivity contribution is 6.09. The summed E-state index contributed by atoms with van der Waals surface area (Å²) in [6, 6.07) is 10.3. The van der Waals surface area contributed by atoms with Gasteiger partial charge in [-0.3, -0.25) is 9.59 Å². The van der Waals surface area contributed by atoms with E-state index in [-0.39, 0.29) is 11.8 Å². The average Bonchev–Trinajstić information content (AvgIpc) is 3.20. The molecule has 24 heavy (non-hydrogen) atoms. The van der Waals surface area contributed by atoms with Crippen LogP contribution in [0.15, 0.2) is 30.3 Å². The first-order chi connectivity index (χ1) is 11.7. The molecule has 124 valence electrons. The molecule has 4 heteroatoms. The molecule has 0 bridgehead atoms. The molecule has 0 radical (unpaired) electrons. The molecule has 2 amide bonds. The first-order valence-electron chi connectivity index (χ1n) is 8.83. The zero-order chi connectivity index (χ0) is 16.5. The van der Waals surface area contributed by atoms with Crippen LogP contribution in [0.5, 0.6) is 0 Å². The van der Waals surface area contributed by atoms with Gasteiger partial charge in [0, 0.05) is 31.6 Å². The molecule has 2 aromatic carbocycles. The molecule has 1 heterocycles. The summed E-state index contributed by atoms with van der Waals surface area (Å²) in [7, 11) is 0. The van der Waals surface area contributed by atoms with E-state index >= 15 is 0 Å². The number of nitrogens with one attached hydrogen (secondary N) is 1. The van der Waals surface area contributed by atoms with Crippen LogP contribution in [0.2, 0.25) is 0 Å². The number of aryl methyl sites for hydroxylation is 2. The highest BCUT2D eigenvalue weighted by Crippen LogP contribution is 2.32.